The summed E-state index contributed by atoms with van der Waals surface area (Å²) in [6.07, 6.45) is 5.97. The van der Waals surface area contributed by atoms with E-state index >= 15 is 4.39 Å². The molecule has 0 unspecified atom stereocenters. The smallest absolute Gasteiger partial charge is 0.134 e. The first-order chi connectivity index (χ1) is 12.8. The second kappa shape index (κ2) is 6.99. The van der Waals surface area contributed by atoms with Crippen LogP contribution < -0.4 is 10.0 Å². The minimum absolute atomic E-state index is 0.0617. The molecule has 2 aliphatic carbocycles. The second-order valence-electron chi connectivity index (χ2n) is 8.01. The van der Waals surface area contributed by atoms with Crippen LogP contribution >= 0.6 is 11.9 Å². The van der Waals surface area contributed by atoms with Gasteiger partial charge in [0.15, 0.2) is 0 Å². The van der Waals surface area contributed by atoms with Crippen molar-refractivity contribution in [3.63, 3.8) is 0 Å². The number of hydrogen-bond acceptors (Lipinski definition) is 3. The van der Waals surface area contributed by atoms with Crippen LogP contribution in [0, 0.1) is 11.7 Å². The van der Waals surface area contributed by atoms with Crippen LogP contribution in [0.3, 0.4) is 0 Å². The number of hydrogen-bond donors (Lipinski definition) is 2. The summed E-state index contributed by atoms with van der Waals surface area (Å²) in [6, 6.07) is 17.1. The average molecular weight is 369 g/mol. The van der Waals surface area contributed by atoms with Crippen molar-refractivity contribution in [3.05, 3.63) is 59.9 Å². The lowest BCUT2D eigenvalue weighted by Crippen LogP contribution is -2.66. The molecule has 0 radical (unpaired) electrons. The third kappa shape index (κ3) is 3.30. The van der Waals surface area contributed by atoms with Gasteiger partial charge in [-0.1, -0.05) is 60.5 Å². The lowest BCUT2D eigenvalue weighted by Gasteiger charge is -2.52. The van der Waals surface area contributed by atoms with Gasteiger partial charge in [0.05, 0.1) is 0 Å². The molecule has 2 heterocycles. The summed E-state index contributed by atoms with van der Waals surface area (Å²) in [4.78, 5) is 0. The fourth-order valence-corrected chi connectivity index (χ4v) is 5.44. The van der Waals surface area contributed by atoms with Gasteiger partial charge in [-0.05, 0) is 49.1 Å². The molecule has 0 spiro atoms. The van der Waals surface area contributed by atoms with Crippen molar-refractivity contribution in [1.29, 1.82) is 0 Å². The number of rotatable bonds is 6. The van der Waals surface area contributed by atoms with Crippen molar-refractivity contribution in [3.8, 4) is 11.1 Å². The largest absolute Gasteiger partial charge is 0.309 e. The molecule has 2 aliphatic heterocycles. The summed E-state index contributed by atoms with van der Waals surface area (Å²) in [6.45, 7) is 0. The molecule has 2 bridgehead atoms. The molecule has 2 saturated carbocycles. The monoisotopic (exact) mass is 368 g/mol. The summed E-state index contributed by atoms with van der Waals surface area (Å²) < 4.78 is 19.0. The molecule has 4 heteroatoms. The Morgan fingerprint density at radius 1 is 1.04 bits per heavy atom. The third-order valence-electron chi connectivity index (χ3n) is 6.06. The molecule has 2 N–H and O–H groups in total. The fourth-order valence-electron chi connectivity index (χ4n) is 4.37. The molecule has 2 nitrogen and oxygen atoms in total. The molecular formula is C22H25FN2S. The Hall–Kier alpha value is -1.36. The number of nitrogens with one attached hydrogen (secondary N) is 2. The van der Waals surface area contributed by atoms with E-state index in [2.05, 4.69) is 10.0 Å². The Balaban J connectivity index is 1.36. The summed E-state index contributed by atoms with van der Waals surface area (Å²) in [5, 5.41) is 4.57. The Morgan fingerprint density at radius 2 is 1.85 bits per heavy atom. The van der Waals surface area contributed by atoms with Crippen LogP contribution in [-0.2, 0) is 6.42 Å². The highest BCUT2D eigenvalue weighted by molar-refractivity contribution is 7.98. The van der Waals surface area contributed by atoms with Gasteiger partial charge < -0.3 is 5.32 Å². The third-order valence-corrected chi connectivity index (χ3v) is 7.28. The van der Waals surface area contributed by atoms with Crippen molar-refractivity contribution < 1.29 is 4.39 Å². The number of halogens is 1. The number of fused-ring (bicyclic) bond motifs is 2. The topological polar surface area (TPSA) is 24.1 Å². The second-order valence-corrected chi connectivity index (χ2v) is 9.15. The zero-order valence-electron chi connectivity index (χ0n) is 14.8. The molecular weight excluding hydrogens is 343 g/mol. The maximum Gasteiger partial charge on any atom is 0.134 e. The van der Waals surface area contributed by atoms with E-state index in [9.17, 15) is 0 Å². The van der Waals surface area contributed by atoms with Crippen LogP contribution in [-0.4, -0.2) is 23.4 Å². The SMILES string of the molecule is Fc1c(C[C@@H]2NC3CC(C3)[C@@H]2NSC2CC2)cccc1-c1ccccc1. The highest BCUT2D eigenvalue weighted by atomic mass is 32.2. The minimum Gasteiger partial charge on any atom is -0.309 e. The van der Waals surface area contributed by atoms with Gasteiger partial charge in [-0.3, -0.25) is 4.72 Å². The first kappa shape index (κ1) is 16.8. The predicted molar refractivity (Wildman–Crippen MR) is 107 cm³/mol. The van der Waals surface area contributed by atoms with E-state index in [1.165, 1.54) is 25.7 Å². The molecule has 6 rings (SSSR count). The van der Waals surface area contributed by atoms with Crippen molar-refractivity contribution in [2.45, 2.75) is 55.5 Å². The zero-order valence-corrected chi connectivity index (χ0v) is 15.6. The predicted octanol–water partition coefficient (Wildman–Crippen LogP) is 4.55. The Bertz CT molecular complexity index is 771. The van der Waals surface area contributed by atoms with E-state index < -0.39 is 0 Å². The van der Waals surface area contributed by atoms with Gasteiger partial charge in [-0.25, -0.2) is 4.39 Å². The molecule has 4 fully saturated rings. The lowest BCUT2D eigenvalue weighted by molar-refractivity contribution is 0.0824. The standard InChI is InChI=1S/C22H25FN2S/c23-21-15(7-4-8-19(21)14-5-2-1-3-6-14)13-20-22(25-26-18-9-10-18)16-11-17(12-16)24-20/h1-8,16-18,20,22,24-25H,9-13H2/t16?,17?,20-,22-/m0/s1. The summed E-state index contributed by atoms with van der Waals surface area (Å²) in [7, 11) is 0. The van der Waals surface area contributed by atoms with Gasteiger partial charge in [0, 0.05) is 28.9 Å². The van der Waals surface area contributed by atoms with Crippen LogP contribution in [0.15, 0.2) is 48.5 Å². The van der Waals surface area contributed by atoms with E-state index in [0.29, 0.717) is 23.7 Å². The fraction of sp³-hybridized carbons (Fsp3) is 0.455. The van der Waals surface area contributed by atoms with Gasteiger partial charge in [-0.15, -0.1) is 0 Å². The maximum atomic E-state index is 15.2. The molecule has 2 saturated heterocycles. The van der Waals surface area contributed by atoms with E-state index in [4.69, 9.17) is 0 Å². The van der Waals surface area contributed by atoms with Gasteiger partial charge in [-0.2, -0.15) is 0 Å². The molecule has 136 valence electrons. The van der Waals surface area contributed by atoms with Crippen LogP contribution in [0.2, 0.25) is 0 Å². The first-order valence-electron chi connectivity index (χ1n) is 9.78. The maximum absolute atomic E-state index is 15.2. The van der Waals surface area contributed by atoms with Crippen LogP contribution in [0.25, 0.3) is 11.1 Å². The Kier molecular flexibility index (Phi) is 4.51. The number of benzene rings is 2. The molecule has 0 aromatic heterocycles. The Morgan fingerprint density at radius 3 is 2.62 bits per heavy atom. The summed E-state index contributed by atoms with van der Waals surface area (Å²) in [5.74, 6) is 0.686. The van der Waals surface area contributed by atoms with Crippen molar-refractivity contribution in [2.24, 2.45) is 5.92 Å². The normalized spacial score (nSPS) is 30.0. The summed E-state index contributed by atoms with van der Waals surface area (Å²) >= 11 is 1.91. The molecule has 4 aliphatic rings. The zero-order chi connectivity index (χ0) is 17.5. The Labute approximate surface area is 159 Å². The van der Waals surface area contributed by atoms with E-state index in [-0.39, 0.29) is 5.82 Å². The highest BCUT2D eigenvalue weighted by Crippen LogP contribution is 2.41. The van der Waals surface area contributed by atoms with Crippen LogP contribution in [0.4, 0.5) is 4.39 Å². The minimum atomic E-state index is -0.0617. The van der Waals surface area contributed by atoms with E-state index in [1.807, 2.05) is 60.5 Å². The van der Waals surface area contributed by atoms with Gasteiger partial charge in [0.1, 0.15) is 5.82 Å². The summed E-state index contributed by atoms with van der Waals surface area (Å²) in [5.41, 5.74) is 2.49. The quantitative estimate of drug-likeness (QED) is 0.731. The van der Waals surface area contributed by atoms with Gasteiger partial charge in [0.2, 0.25) is 0 Å². The molecule has 2 aromatic carbocycles. The van der Waals surface area contributed by atoms with Gasteiger partial charge >= 0.3 is 0 Å². The van der Waals surface area contributed by atoms with Crippen molar-refractivity contribution in [2.75, 3.05) is 0 Å². The van der Waals surface area contributed by atoms with E-state index in [1.54, 1.807) is 0 Å². The molecule has 2 atom stereocenters. The molecule has 2 aromatic rings. The molecule has 0 amide bonds. The van der Waals surface area contributed by atoms with Gasteiger partial charge in [0.25, 0.3) is 0 Å². The number of piperidine rings is 2. The van der Waals surface area contributed by atoms with Crippen molar-refractivity contribution >= 4 is 11.9 Å². The first-order valence-corrected chi connectivity index (χ1v) is 10.7. The highest BCUT2D eigenvalue weighted by Gasteiger charge is 2.46. The van der Waals surface area contributed by atoms with Crippen LogP contribution in [0.5, 0.6) is 0 Å². The average Bonchev–Trinajstić information content (AvgIpc) is 3.46. The van der Waals surface area contributed by atoms with Crippen LogP contribution in [0.1, 0.15) is 31.2 Å². The lowest BCUT2D eigenvalue weighted by atomic mass is 9.68. The van der Waals surface area contributed by atoms with E-state index in [0.717, 1.165) is 28.7 Å². The van der Waals surface area contributed by atoms with Crippen molar-refractivity contribution in [1.82, 2.24) is 10.0 Å². The molecule has 26 heavy (non-hydrogen) atoms.